The maximum absolute atomic E-state index is 12.5. The fraction of sp³-hybridized carbons (Fsp3) is 0.333. The molecule has 8 heteroatoms. The van der Waals surface area contributed by atoms with Gasteiger partial charge in [-0.3, -0.25) is 19.1 Å². The van der Waals surface area contributed by atoms with Crippen LogP contribution in [0.3, 0.4) is 0 Å². The Morgan fingerprint density at radius 3 is 2.75 bits per heavy atom. The summed E-state index contributed by atoms with van der Waals surface area (Å²) >= 11 is 0. The van der Waals surface area contributed by atoms with Gasteiger partial charge in [0.05, 0.1) is 35.2 Å². The van der Waals surface area contributed by atoms with Gasteiger partial charge in [0.2, 0.25) is 5.91 Å². The number of fused-ring (bicyclic) bond motifs is 2. The molecular formula is C24H25N7O. The van der Waals surface area contributed by atoms with Crippen LogP contribution in [0.4, 0.5) is 17.2 Å². The van der Waals surface area contributed by atoms with E-state index < -0.39 is 0 Å². The molecular weight excluding hydrogens is 402 g/mol. The number of nitrogens with zero attached hydrogens (tertiary/aromatic N) is 7. The topological polar surface area (TPSA) is 72.1 Å². The fourth-order valence-electron chi connectivity index (χ4n) is 4.77. The van der Waals surface area contributed by atoms with E-state index in [1.54, 1.807) is 13.1 Å². The number of benzene rings is 1. The molecule has 1 atom stereocenters. The molecule has 1 amide bonds. The number of hydrogen-bond donors (Lipinski definition) is 0. The van der Waals surface area contributed by atoms with Crippen molar-refractivity contribution >= 4 is 34.1 Å². The lowest BCUT2D eigenvalue weighted by Gasteiger charge is -2.41. The molecule has 2 aliphatic rings. The van der Waals surface area contributed by atoms with E-state index in [-0.39, 0.29) is 11.9 Å². The Labute approximate surface area is 186 Å². The minimum Gasteiger partial charge on any atom is -0.319 e. The second-order valence-corrected chi connectivity index (χ2v) is 8.81. The van der Waals surface area contributed by atoms with Gasteiger partial charge in [0.15, 0.2) is 5.82 Å². The lowest BCUT2D eigenvalue weighted by atomic mass is 10.0. The second-order valence-electron chi connectivity index (χ2n) is 8.81. The Kier molecular flexibility index (Phi) is 4.11. The second kappa shape index (κ2) is 6.91. The summed E-state index contributed by atoms with van der Waals surface area (Å²) in [5.74, 6) is 0.849. The lowest BCUT2D eigenvalue weighted by molar-refractivity contribution is -0.117. The van der Waals surface area contributed by atoms with Crippen LogP contribution in [-0.2, 0) is 11.8 Å². The van der Waals surface area contributed by atoms with Gasteiger partial charge in [-0.25, -0.2) is 0 Å². The van der Waals surface area contributed by atoms with Gasteiger partial charge in [0, 0.05) is 38.5 Å². The Bertz CT molecular complexity index is 1350. The van der Waals surface area contributed by atoms with Crippen LogP contribution in [0.25, 0.3) is 22.2 Å². The number of anilines is 3. The number of hydrogen-bond acceptors (Lipinski definition) is 5. The molecule has 3 aromatic heterocycles. The van der Waals surface area contributed by atoms with Crippen LogP contribution in [0, 0.1) is 0 Å². The first kappa shape index (κ1) is 19.0. The van der Waals surface area contributed by atoms with Gasteiger partial charge >= 0.3 is 0 Å². The third-order valence-corrected chi connectivity index (χ3v) is 6.46. The van der Waals surface area contributed by atoms with E-state index in [0.29, 0.717) is 12.6 Å². The zero-order valence-corrected chi connectivity index (χ0v) is 18.4. The highest BCUT2D eigenvalue weighted by atomic mass is 16.2. The number of rotatable bonds is 3. The Balaban J connectivity index is 1.52. The van der Waals surface area contributed by atoms with Crippen molar-refractivity contribution in [2.75, 3.05) is 16.3 Å². The van der Waals surface area contributed by atoms with Gasteiger partial charge in [0.25, 0.3) is 0 Å². The molecule has 4 heterocycles. The summed E-state index contributed by atoms with van der Waals surface area (Å²) in [6, 6.07) is 10.8. The summed E-state index contributed by atoms with van der Waals surface area (Å²) in [7, 11) is 1.94. The van der Waals surface area contributed by atoms with Crippen LogP contribution in [0.1, 0.15) is 32.7 Å². The summed E-state index contributed by atoms with van der Waals surface area (Å²) < 4.78 is 3.93. The third kappa shape index (κ3) is 2.90. The third-order valence-electron chi connectivity index (χ3n) is 6.46. The van der Waals surface area contributed by atoms with E-state index in [9.17, 15) is 4.79 Å². The highest BCUT2D eigenvalue weighted by molar-refractivity contribution is 6.01. The first-order valence-corrected chi connectivity index (χ1v) is 11.0. The van der Waals surface area contributed by atoms with Gasteiger partial charge in [-0.15, -0.1) is 0 Å². The number of amides is 1. The number of carbonyl (C=O) groups is 1. The van der Waals surface area contributed by atoms with Crippen LogP contribution >= 0.6 is 0 Å². The minimum atomic E-state index is 0.00392. The van der Waals surface area contributed by atoms with Crippen molar-refractivity contribution in [1.82, 2.24) is 24.5 Å². The Morgan fingerprint density at radius 1 is 1.12 bits per heavy atom. The van der Waals surface area contributed by atoms with Crippen molar-refractivity contribution in [3.63, 3.8) is 0 Å². The van der Waals surface area contributed by atoms with E-state index in [4.69, 9.17) is 5.10 Å². The predicted molar refractivity (Wildman–Crippen MR) is 124 cm³/mol. The van der Waals surface area contributed by atoms with Crippen LogP contribution in [0.15, 0.2) is 48.9 Å². The highest BCUT2D eigenvalue weighted by Gasteiger charge is 2.34. The summed E-state index contributed by atoms with van der Waals surface area (Å²) in [5.41, 5.74) is 5.84. The van der Waals surface area contributed by atoms with Crippen LogP contribution in [-0.4, -0.2) is 43.0 Å². The van der Waals surface area contributed by atoms with Crippen molar-refractivity contribution in [3.05, 3.63) is 48.9 Å². The Hall–Kier alpha value is -3.68. The molecule has 0 bridgehead atoms. The minimum absolute atomic E-state index is 0.00392. The summed E-state index contributed by atoms with van der Waals surface area (Å²) in [6.45, 7) is 4.34. The molecule has 1 fully saturated rings. The average Bonchev–Trinajstić information content (AvgIpc) is 3.42. The maximum atomic E-state index is 12.5. The van der Waals surface area contributed by atoms with Gasteiger partial charge in [-0.1, -0.05) is 6.07 Å². The zero-order valence-electron chi connectivity index (χ0n) is 18.4. The van der Waals surface area contributed by atoms with Gasteiger partial charge in [0.1, 0.15) is 5.52 Å². The van der Waals surface area contributed by atoms with Gasteiger partial charge < -0.3 is 9.80 Å². The SMILES string of the molecule is CC(=O)N1c2ccc(-c3cnn(C4CC4)c3)cc2N(c2nn(C)c3cccnc23)CC1C. The molecule has 1 aromatic carbocycles. The highest BCUT2D eigenvalue weighted by Crippen LogP contribution is 2.43. The van der Waals surface area contributed by atoms with E-state index >= 15 is 0 Å². The van der Waals surface area contributed by atoms with Crippen molar-refractivity contribution < 1.29 is 4.79 Å². The molecule has 162 valence electrons. The summed E-state index contributed by atoms with van der Waals surface area (Å²) in [5, 5.41) is 9.37. The molecule has 0 saturated heterocycles. The normalized spacial score (nSPS) is 18.3. The quantitative estimate of drug-likeness (QED) is 0.493. The smallest absolute Gasteiger partial charge is 0.224 e. The standard InChI is InChI=1S/C24H25N7O/c1-15-13-29(24-23-21(28(3)27-24)5-4-10-25-23)22-11-17(6-9-20(22)31(15)16(2)32)18-12-26-30(14-18)19-7-8-19/h4-6,9-12,14-15,19H,7-8,13H2,1-3H3. The van der Waals surface area contributed by atoms with E-state index in [2.05, 4.69) is 44.9 Å². The molecule has 1 aliphatic carbocycles. The van der Waals surface area contributed by atoms with Gasteiger partial charge in [-0.05, 0) is 49.6 Å². The number of aryl methyl sites for hydroxylation is 1. The zero-order chi connectivity index (χ0) is 22.0. The lowest BCUT2D eigenvalue weighted by Crippen LogP contribution is -2.48. The van der Waals surface area contributed by atoms with Crippen LogP contribution < -0.4 is 9.80 Å². The predicted octanol–water partition coefficient (Wildman–Crippen LogP) is 4.06. The van der Waals surface area contributed by atoms with E-state index in [0.717, 1.165) is 39.4 Å². The number of pyridine rings is 1. The summed E-state index contributed by atoms with van der Waals surface area (Å²) in [4.78, 5) is 21.2. The van der Waals surface area contributed by atoms with Crippen molar-refractivity contribution in [2.24, 2.45) is 7.05 Å². The number of aromatic nitrogens is 5. The van der Waals surface area contributed by atoms with E-state index in [1.807, 2.05) is 41.0 Å². The molecule has 0 radical (unpaired) electrons. The fourth-order valence-corrected chi connectivity index (χ4v) is 4.77. The molecule has 1 aliphatic heterocycles. The van der Waals surface area contributed by atoms with Crippen molar-refractivity contribution in [3.8, 4) is 11.1 Å². The van der Waals surface area contributed by atoms with Crippen LogP contribution in [0.2, 0.25) is 0 Å². The molecule has 32 heavy (non-hydrogen) atoms. The Morgan fingerprint density at radius 2 is 1.97 bits per heavy atom. The van der Waals surface area contributed by atoms with Gasteiger partial charge in [-0.2, -0.15) is 10.2 Å². The van der Waals surface area contributed by atoms with Crippen molar-refractivity contribution in [1.29, 1.82) is 0 Å². The molecule has 0 N–H and O–H groups in total. The molecule has 1 unspecified atom stereocenters. The van der Waals surface area contributed by atoms with Crippen LogP contribution in [0.5, 0.6) is 0 Å². The first-order valence-electron chi connectivity index (χ1n) is 11.0. The molecule has 1 saturated carbocycles. The molecule has 8 nitrogen and oxygen atoms in total. The monoisotopic (exact) mass is 427 g/mol. The summed E-state index contributed by atoms with van der Waals surface area (Å²) in [6.07, 6.45) is 8.24. The molecule has 4 aromatic rings. The maximum Gasteiger partial charge on any atom is 0.224 e. The molecule has 0 spiro atoms. The molecule has 6 rings (SSSR count). The average molecular weight is 428 g/mol. The number of carbonyl (C=O) groups excluding carboxylic acids is 1. The largest absolute Gasteiger partial charge is 0.319 e. The van der Waals surface area contributed by atoms with E-state index in [1.165, 1.54) is 12.8 Å². The van der Waals surface area contributed by atoms with Crippen molar-refractivity contribution in [2.45, 2.75) is 38.8 Å². The first-order chi connectivity index (χ1) is 15.5.